The first-order chi connectivity index (χ1) is 37.1. The molecule has 6 aromatic carbocycles. The Morgan fingerprint density at radius 1 is 0.568 bits per heavy atom. The van der Waals surface area contributed by atoms with Crippen LogP contribution in [0.3, 0.4) is 0 Å². The Balaban J connectivity index is 0.000000354. The van der Waals surface area contributed by atoms with Crippen LogP contribution in [0.5, 0.6) is 0 Å². The van der Waals surface area contributed by atoms with Crippen molar-refractivity contribution in [1.29, 1.82) is 0 Å². The maximum atomic E-state index is 12.2. The van der Waals surface area contributed by atoms with Crippen molar-refractivity contribution in [2.75, 3.05) is 38.6 Å². The maximum absolute atomic E-state index is 12.2. The summed E-state index contributed by atoms with van der Waals surface area (Å²) < 4.78 is 66.6. The molecule has 1 saturated heterocycles. The average Bonchev–Trinajstić information content (AvgIpc) is 3.86. The Bertz CT molecular complexity index is 3220. The van der Waals surface area contributed by atoms with Crippen molar-refractivity contribution in [1.82, 2.24) is 5.06 Å². The standard InChI is InChI=1S/C34H36N2O7S3.C24H23NO3S3.3CH4.Li/c37-30-19-20-31(38)36(30)43-32(39)18-5-2-10-21-44-34(45-22-11-23-46(40,41)42)33-26-14-6-8-16-28(26)35(24-25-12-3-1-4-13-25)29-17-9-7-15-27(29)33;26-31(27,28)16-8-15-30-24(29)23-19-11-4-6-13-21(19)25(17-18-9-2-1-3-10-18)22-14-7-5-12-20(22)23;;;;/h1,3-4,6-9,12-17H,2,5,10-11,18-24H2,(H,40,41,42);1-7,9-14,23H,8,15-17H2,(H,26,27,28);3*1H4;/q;;;;;+1/p-1. The summed E-state index contributed by atoms with van der Waals surface area (Å²) in [7, 11) is -8.25. The minimum atomic E-state index is -4.19. The zero-order valence-electron chi connectivity index (χ0n) is 43.1. The van der Waals surface area contributed by atoms with E-state index in [1.165, 1.54) is 22.9 Å². The SMILES string of the molecule is C.C.C.O=C(CCCCCSC(SCCCS(=O)(=O)O)=C1c2ccccc2N(Cc2ccccc2)c2ccccc21)ON1C(=O)CCC1=O.O=S(=O)([O-])CCCSC(=S)C1c2ccccc2N(Cc2ccccc2)c2ccccc21.[Li+]. The Morgan fingerprint density at radius 3 is 1.48 bits per heavy atom. The van der Waals surface area contributed by atoms with Gasteiger partial charge < -0.3 is 19.2 Å². The van der Waals surface area contributed by atoms with Crippen LogP contribution >= 0.6 is 47.5 Å². The number of hydrogen-bond acceptors (Lipinski definition) is 15. The van der Waals surface area contributed by atoms with Crippen molar-refractivity contribution in [3.05, 3.63) is 195 Å². The van der Waals surface area contributed by atoms with Crippen LogP contribution in [0, 0.1) is 0 Å². The van der Waals surface area contributed by atoms with Gasteiger partial charge in [0.15, 0.2) is 0 Å². The molecule has 3 heterocycles. The summed E-state index contributed by atoms with van der Waals surface area (Å²) >= 11 is 10.6. The van der Waals surface area contributed by atoms with E-state index in [-0.39, 0.29) is 77.8 Å². The van der Waals surface area contributed by atoms with Crippen LogP contribution in [-0.2, 0) is 52.5 Å². The van der Waals surface area contributed by atoms with Crippen molar-refractivity contribution >= 4 is 118 Å². The van der Waals surface area contributed by atoms with E-state index in [9.17, 15) is 40.3 Å². The van der Waals surface area contributed by atoms with E-state index < -0.39 is 38.0 Å². The number of hydrogen-bond donors (Lipinski definition) is 1. The molecule has 6 aromatic rings. The van der Waals surface area contributed by atoms with Gasteiger partial charge in [0.05, 0.1) is 26.0 Å². The van der Waals surface area contributed by atoms with E-state index in [0.717, 1.165) is 84.1 Å². The fraction of sp³-hybridized carbons (Fsp3) is 0.311. The Labute approximate surface area is 509 Å². The molecule has 9 rings (SSSR count). The summed E-state index contributed by atoms with van der Waals surface area (Å²) in [6.07, 6.45) is 2.97. The molecule has 81 heavy (non-hydrogen) atoms. The Kier molecular flexibility index (Phi) is 27.5. The maximum Gasteiger partial charge on any atom is 1.00 e. The molecular formula is C61H70LiN3O10S6. The minimum Gasteiger partial charge on any atom is -0.748 e. The normalized spacial score (nSPS) is 13.3. The molecule has 0 spiro atoms. The summed E-state index contributed by atoms with van der Waals surface area (Å²) in [5, 5.41) is 0.580. The predicted molar refractivity (Wildman–Crippen MR) is 334 cm³/mol. The molecule has 0 aromatic heterocycles. The molecular weight excluding hydrogens is 1130 g/mol. The van der Waals surface area contributed by atoms with E-state index in [1.807, 2.05) is 84.9 Å². The van der Waals surface area contributed by atoms with Crippen molar-refractivity contribution in [3.63, 3.8) is 0 Å². The number of rotatable bonds is 22. The molecule has 2 amide bonds. The van der Waals surface area contributed by atoms with Gasteiger partial charge in [0.1, 0.15) is 0 Å². The molecule has 0 atom stereocenters. The quantitative estimate of drug-likeness (QED) is 0.0223. The Morgan fingerprint density at radius 2 is 0.988 bits per heavy atom. The summed E-state index contributed by atoms with van der Waals surface area (Å²) in [6, 6.07) is 53.9. The molecule has 0 radical (unpaired) electrons. The second-order valence-corrected chi connectivity index (χ2v) is 25.8. The van der Waals surface area contributed by atoms with Crippen molar-refractivity contribution in [2.24, 2.45) is 0 Å². The first kappa shape index (κ1) is 68.3. The third-order valence-electron chi connectivity index (χ3n) is 12.8. The van der Waals surface area contributed by atoms with E-state index in [2.05, 4.69) is 82.6 Å². The molecule has 13 nitrogen and oxygen atoms in total. The zero-order valence-corrected chi connectivity index (χ0v) is 48.0. The van der Waals surface area contributed by atoms with Gasteiger partial charge in [-0.1, -0.05) is 174 Å². The number of unbranched alkanes of at least 4 members (excludes halogenated alkanes) is 2. The van der Waals surface area contributed by atoms with Crippen molar-refractivity contribution in [2.45, 2.75) is 92.7 Å². The van der Waals surface area contributed by atoms with E-state index in [1.54, 1.807) is 23.5 Å². The summed E-state index contributed by atoms with van der Waals surface area (Å²) in [4.78, 5) is 45.2. The van der Waals surface area contributed by atoms with Crippen LogP contribution in [0.1, 0.15) is 113 Å². The van der Waals surface area contributed by atoms with Gasteiger partial charge in [-0.3, -0.25) is 14.1 Å². The number of thioether (sulfide) groups is 3. The topological polar surface area (TPSA) is 182 Å². The largest absolute Gasteiger partial charge is 1.00 e. The van der Waals surface area contributed by atoms with Crippen LogP contribution in [0.15, 0.2) is 162 Å². The summed E-state index contributed by atoms with van der Waals surface area (Å²) in [6.45, 7) is 1.46. The van der Waals surface area contributed by atoms with Gasteiger partial charge in [0.25, 0.3) is 21.9 Å². The second kappa shape index (κ2) is 32.6. The van der Waals surface area contributed by atoms with Gasteiger partial charge in [0.2, 0.25) is 0 Å². The third kappa shape index (κ3) is 18.9. The summed E-state index contributed by atoms with van der Waals surface area (Å²) in [5.41, 5.74) is 12.4. The van der Waals surface area contributed by atoms with Gasteiger partial charge in [-0.05, 0) is 89.5 Å². The van der Waals surface area contributed by atoms with Crippen molar-refractivity contribution < 1.29 is 64.0 Å². The fourth-order valence-electron chi connectivity index (χ4n) is 9.32. The number of thiocarbonyl (C=S) groups is 1. The average molecular weight is 1200 g/mol. The number of para-hydroxylation sites is 4. The zero-order chi connectivity index (χ0) is 54.4. The van der Waals surface area contributed by atoms with E-state index in [4.69, 9.17) is 17.1 Å². The van der Waals surface area contributed by atoms with Crippen LogP contribution < -0.4 is 28.7 Å². The summed E-state index contributed by atoms with van der Waals surface area (Å²) in [5.74, 6) is -0.496. The first-order valence-corrected chi connectivity index (χ1v) is 31.8. The predicted octanol–water partition coefficient (Wildman–Crippen LogP) is 11.3. The monoisotopic (exact) mass is 1200 g/mol. The number of fused-ring (bicyclic) bond motifs is 4. The number of anilines is 4. The molecule has 20 heteroatoms. The van der Waals surface area contributed by atoms with E-state index in [0.29, 0.717) is 42.4 Å². The minimum absolute atomic E-state index is 0. The molecule has 0 saturated carbocycles. The molecule has 1 N–H and O–H groups in total. The van der Waals surface area contributed by atoms with Crippen LogP contribution in [0.4, 0.5) is 22.7 Å². The third-order valence-corrected chi connectivity index (χ3v) is 18.7. The number of hydroxylamine groups is 2. The number of amides is 2. The number of imide groups is 1. The molecule has 3 aliphatic rings. The molecule has 3 aliphatic heterocycles. The van der Waals surface area contributed by atoms with Crippen molar-refractivity contribution in [3.8, 4) is 0 Å². The molecule has 0 bridgehead atoms. The Hall–Kier alpha value is -5.17. The number of benzene rings is 6. The van der Waals surface area contributed by atoms with Crippen LogP contribution in [0.25, 0.3) is 5.57 Å². The van der Waals surface area contributed by atoms with Crippen LogP contribution in [-0.4, -0.2) is 81.7 Å². The molecule has 0 aliphatic carbocycles. The number of carbonyl (C=O) groups excluding carboxylic acids is 3. The smallest absolute Gasteiger partial charge is 0.748 e. The number of carbonyl (C=O) groups is 3. The van der Waals surface area contributed by atoms with Gasteiger partial charge >= 0.3 is 24.8 Å². The van der Waals surface area contributed by atoms with Gasteiger partial charge in [-0.25, -0.2) is 13.2 Å². The van der Waals surface area contributed by atoms with Gasteiger partial charge in [-0.15, -0.1) is 40.3 Å². The number of nitrogens with zero attached hydrogens (tertiary/aromatic N) is 3. The van der Waals surface area contributed by atoms with Gasteiger partial charge in [-0.2, -0.15) is 8.42 Å². The molecule has 0 unspecified atom stereocenters. The molecule has 1 fully saturated rings. The van der Waals surface area contributed by atoms with Gasteiger partial charge in [0, 0.05) is 81.8 Å². The second-order valence-electron chi connectivity index (χ2n) is 18.4. The molecule has 426 valence electrons. The fourth-order valence-corrected chi connectivity index (χ4v) is 14.7. The van der Waals surface area contributed by atoms with E-state index >= 15 is 0 Å². The first-order valence-electron chi connectivity index (χ1n) is 25.3. The van der Waals surface area contributed by atoms with Crippen LogP contribution in [0.2, 0.25) is 0 Å².